The molecule has 2 aromatic carbocycles. The Bertz CT molecular complexity index is 705. The summed E-state index contributed by atoms with van der Waals surface area (Å²) >= 11 is 5.89. The lowest BCUT2D eigenvalue weighted by Crippen LogP contribution is -1.93. The van der Waals surface area contributed by atoms with Crippen LogP contribution in [0.15, 0.2) is 54.6 Å². The van der Waals surface area contributed by atoms with Crippen molar-refractivity contribution >= 4 is 11.6 Å². The van der Waals surface area contributed by atoms with Gasteiger partial charge in [0.25, 0.3) is 0 Å². The van der Waals surface area contributed by atoms with Gasteiger partial charge in [0.1, 0.15) is 5.82 Å². The van der Waals surface area contributed by atoms with Crippen LogP contribution in [0.3, 0.4) is 0 Å². The van der Waals surface area contributed by atoms with Gasteiger partial charge >= 0.3 is 0 Å². The van der Waals surface area contributed by atoms with E-state index in [4.69, 9.17) is 11.6 Å². The Morgan fingerprint density at radius 1 is 0.864 bits per heavy atom. The van der Waals surface area contributed by atoms with Gasteiger partial charge in [-0.25, -0.2) is 4.98 Å². The second kappa shape index (κ2) is 7.23. The third kappa shape index (κ3) is 4.18. The first kappa shape index (κ1) is 14.8. The molecule has 4 heteroatoms. The number of aromatic nitrogens is 3. The molecule has 3 aromatic rings. The van der Waals surface area contributed by atoms with E-state index in [2.05, 4.69) is 39.4 Å². The number of rotatable bonds is 6. The fourth-order valence-corrected chi connectivity index (χ4v) is 2.54. The first-order valence-electron chi connectivity index (χ1n) is 7.48. The average molecular weight is 312 g/mol. The average Bonchev–Trinajstić information content (AvgIpc) is 2.98. The van der Waals surface area contributed by atoms with Crippen molar-refractivity contribution < 1.29 is 0 Å². The molecule has 0 bridgehead atoms. The molecule has 0 aliphatic carbocycles. The standard InChI is InChI=1S/C18H18ClN3/c19-16-11-9-15(10-12-16)13-18-20-17(21-22-18)8-4-7-14-5-2-1-3-6-14/h1-3,5-6,9-12H,4,7-8,13H2,(H,20,21,22). The van der Waals surface area contributed by atoms with Crippen molar-refractivity contribution in [3.05, 3.63) is 82.4 Å². The number of nitrogens with one attached hydrogen (secondary N) is 1. The van der Waals surface area contributed by atoms with E-state index in [1.165, 1.54) is 11.1 Å². The SMILES string of the molecule is Clc1ccc(Cc2nc(CCCc3ccccc3)n[nH]2)cc1. The predicted octanol–water partition coefficient (Wildman–Crippen LogP) is 4.22. The zero-order valence-corrected chi connectivity index (χ0v) is 13.1. The molecule has 112 valence electrons. The molecule has 0 aliphatic rings. The van der Waals surface area contributed by atoms with E-state index < -0.39 is 0 Å². The van der Waals surface area contributed by atoms with Gasteiger partial charge in [-0.3, -0.25) is 5.10 Å². The van der Waals surface area contributed by atoms with Gasteiger partial charge in [0.2, 0.25) is 0 Å². The first-order chi connectivity index (χ1) is 10.8. The van der Waals surface area contributed by atoms with Gasteiger partial charge in [-0.1, -0.05) is 54.1 Å². The predicted molar refractivity (Wildman–Crippen MR) is 89.1 cm³/mol. The molecular weight excluding hydrogens is 294 g/mol. The highest BCUT2D eigenvalue weighted by Crippen LogP contribution is 2.12. The van der Waals surface area contributed by atoms with E-state index >= 15 is 0 Å². The van der Waals surface area contributed by atoms with Crippen LogP contribution in [0.5, 0.6) is 0 Å². The lowest BCUT2D eigenvalue weighted by atomic mass is 10.1. The molecule has 0 fully saturated rings. The lowest BCUT2D eigenvalue weighted by Gasteiger charge is -1.99. The van der Waals surface area contributed by atoms with E-state index in [9.17, 15) is 0 Å². The summed E-state index contributed by atoms with van der Waals surface area (Å²) in [4.78, 5) is 4.56. The van der Waals surface area contributed by atoms with E-state index in [-0.39, 0.29) is 0 Å². The number of aromatic amines is 1. The van der Waals surface area contributed by atoms with Crippen molar-refractivity contribution in [2.75, 3.05) is 0 Å². The van der Waals surface area contributed by atoms with Crippen molar-refractivity contribution in [1.29, 1.82) is 0 Å². The summed E-state index contributed by atoms with van der Waals surface area (Å²) in [6, 6.07) is 18.3. The molecule has 1 heterocycles. The van der Waals surface area contributed by atoms with Crippen molar-refractivity contribution in [3.63, 3.8) is 0 Å². The van der Waals surface area contributed by atoms with Crippen molar-refractivity contribution in [2.24, 2.45) is 0 Å². The van der Waals surface area contributed by atoms with Crippen LogP contribution in [0.4, 0.5) is 0 Å². The Morgan fingerprint density at radius 3 is 2.41 bits per heavy atom. The summed E-state index contributed by atoms with van der Waals surface area (Å²) in [5.41, 5.74) is 2.54. The Hall–Kier alpha value is -2.13. The topological polar surface area (TPSA) is 41.6 Å². The van der Waals surface area contributed by atoms with Gasteiger partial charge < -0.3 is 0 Å². The molecule has 0 amide bonds. The molecule has 0 saturated carbocycles. The molecule has 1 N–H and O–H groups in total. The van der Waals surface area contributed by atoms with E-state index in [0.717, 1.165) is 42.4 Å². The van der Waals surface area contributed by atoms with Crippen LogP contribution in [-0.4, -0.2) is 15.2 Å². The van der Waals surface area contributed by atoms with Crippen LogP contribution in [0.25, 0.3) is 0 Å². The lowest BCUT2D eigenvalue weighted by molar-refractivity contribution is 0.774. The quantitative estimate of drug-likeness (QED) is 0.740. The number of nitrogens with zero attached hydrogens (tertiary/aromatic N) is 2. The maximum Gasteiger partial charge on any atom is 0.150 e. The second-order valence-corrected chi connectivity index (χ2v) is 5.78. The van der Waals surface area contributed by atoms with Crippen molar-refractivity contribution in [1.82, 2.24) is 15.2 Å². The molecule has 0 unspecified atom stereocenters. The minimum atomic E-state index is 0.753. The Morgan fingerprint density at radius 2 is 1.64 bits per heavy atom. The molecule has 0 saturated heterocycles. The normalized spacial score (nSPS) is 10.8. The third-order valence-corrected chi connectivity index (χ3v) is 3.82. The number of hydrogen-bond donors (Lipinski definition) is 1. The third-order valence-electron chi connectivity index (χ3n) is 3.57. The first-order valence-corrected chi connectivity index (χ1v) is 7.86. The van der Waals surface area contributed by atoms with Crippen LogP contribution in [0.2, 0.25) is 5.02 Å². The molecule has 0 atom stereocenters. The maximum absolute atomic E-state index is 5.89. The highest BCUT2D eigenvalue weighted by atomic mass is 35.5. The van der Waals surface area contributed by atoms with Gasteiger partial charge in [-0.15, -0.1) is 0 Å². The van der Waals surface area contributed by atoms with E-state index in [1.807, 2.05) is 30.3 Å². The highest BCUT2D eigenvalue weighted by Gasteiger charge is 2.04. The molecular formula is C18H18ClN3. The Labute approximate surface area is 135 Å². The van der Waals surface area contributed by atoms with Crippen LogP contribution in [0.1, 0.15) is 29.2 Å². The largest absolute Gasteiger partial charge is 0.263 e. The summed E-state index contributed by atoms with van der Waals surface area (Å²) in [6.07, 6.45) is 3.76. The summed E-state index contributed by atoms with van der Waals surface area (Å²) < 4.78 is 0. The fraction of sp³-hybridized carbons (Fsp3) is 0.222. The number of hydrogen-bond acceptors (Lipinski definition) is 2. The summed E-state index contributed by atoms with van der Waals surface area (Å²) in [5, 5.41) is 8.08. The Balaban J connectivity index is 1.51. The monoisotopic (exact) mass is 311 g/mol. The summed E-state index contributed by atoms with van der Waals surface area (Å²) in [6.45, 7) is 0. The molecule has 1 aromatic heterocycles. The highest BCUT2D eigenvalue weighted by molar-refractivity contribution is 6.30. The van der Waals surface area contributed by atoms with Crippen LogP contribution >= 0.6 is 11.6 Å². The van der Waals surface area contributed by atoms with Gasteiger partial charge in [-0.05, 0) is 36.1 Å². The van der Waals surface area contributed by atoms with Crippen LogP contribution < -0.4 is 0 Å². The van der Waals surface area contributed by atoms with Crippen LogP contribution in [0, 0.1) is 0 Å². The molecule has 22 heavy (non-hydrogen) atoms. The minimum Gasteiger partial charge on any atom is -0.263 e. The zero-order valence-electron chi connectivity index (χ0n) is 12.3. The summed E-state index contributed by atoms with van der Waals surface area (Å²) in [5.74, 6) is 1.79. The van der Waals surface area contributed by atoms with Gasteiger partial charge in [0, 0.05) is 17.9 Å². The zero-order chi connectivity index (χ0) is 15.2. The number of halogens is 1. The Kier molecular flexibility index (Phi) is 4.86. The van der Waals surface area contributed by atoms with E-state index in [0.29, 0.717) is 0 Å². The van der Waals surface area contributed by atoms with Gasteiger partial charge in [0.05, 0.1) is 0 Å². The molecule has 3 nitrogen and oxygen atoms in total. The number of aryl methyl sites for hydroxylation is 2. The van der Waals surface area contributed by atoms with Gasteiger partial charge in [0.15, 0.2) is 5.82 Å². The maximum atomic E-state index is 5.89. The summed E-state index contributed by atoms with van der Waals surface area (Å²) in [7, 11) is 0. The van der Waals surface area contributed by atoms with Crippen LogP contribution in [-0.2, 0) is 19.3 Å². The second-order valence-electron chi connectivity index (χ2n) is 5.34. The van der Waals surface area contributed by atoms with Crippen molar-refractivity contribution in [2.45, 2.75) is 25.7 Å². The van der Waals surface area contributed by atoms with Crippen molar-refractivity contribution in [3.8, 4) is 0 Å². The number of H-pyrrole nitrogens is 1. The number of benzene rings is 2. The van der Waals surface area contributed by atoms with E-state index in [1.54, 1.807) is 0 Å². The molecule has 0 aliphatic heterocycles. The minimum absolute atomic E-state index is 0.753. The fourth-order valence-electron chi connectivity index (χ4n) is 2.42. The van der Waals surface area contributed by atoms with Gasteiger partial charge in [-0.2, -0.15) is 5.10 Å². The molecule has 3 rings (SSSR count). The molecule has 0 radical (unpaired) electrons. The molecule has 0 spiro atoms. The smallest absolute Gasteiger partial charge is 0.150 e.